The van der Waals surface area contributed by atoms with Crippen LogP contribution in [0.1, 0.15) is 18.4 Å². The first-order chi connectivity index (χ1) is 8.63. The van der Waals surface area contributed by atoms with Crippen LogP contribution in [0.2, 0.25) is 5.02 Å². The van der Waals surface area contributed by atoms with Crippen molar-refractivity contribution in [2.45, 2.75) is 30.7 Å². The van der Waals surface area contributed by atoms with E-state index in [-0.39, 0.29) is 18.1 Å². The molecule has 3 nitrogen and oxygen atoms in total. The Hall–Kier alpha value is -0.710. The summed E-state index contributed by atoms with van der Waals surface area (Å²) < 4.78 is 0. The second-order valence-corrected chi connectivity index (χ2v) is 5.93. The molecule has 0 bridgehead atoms. The van der Waals surface area contributed by atoms with E-state index in [9.17, 15) is 4.79 Å². The normalized spacial score (nSPS) is 22.3. The van der Waals surface area contributed by atoms with Crippen LogP contribution >= 0.6 is 23.4 Å². The maximum absolute atomic E-state index is 11.6. The summed E-state index contributed by atoms with van der Waals surface area (Å²) in [5.74, 6) is 1.30. The van der Waals surface area contributed by atoms with Gasteiger partial charge in [0.1, 0.15) is 0 Å². The zero-order valence-electron chi connectivity index (χ0n) is 9.93. The van der Waals surface area contributed by atoms with Gasteiger partial charge in [-0.1, -0.05) is 23.7 Å². The van der Waals surface area contributed by atoms with Crippen LogP contribution in [0.25, 0.3) is 0 Å². The lowest BCUT2D eigenvalue weighted by molar-refractivity contribution is -0.120. The molecule has 0 spiro atoms. The van der Waals surface area contributed by atoms with Crippen molar-refractivity contribution < 1.29 is 9.90 Å². The Labute approximate surface area is 116 Å². The van der Waals surface area contributed by atoms with Gasteiger partial charge in [0, 0.05) is 16.8 Å². The summed E-state index contributed by atoms with van der Waals surface area (Å²) in [4.78, 5) is 11.6. The zero-order chi connectivity index (χ0) is 13.0. The van der Waals surface area contributed by atoms with Crippen molar-refractivity contribution >= 4 is 29.3 Å². The van der Waals surface area contributed by atoms with Crippen LogP contribution in [0.4, 0.5) is 0 Å². The highest BCUT2D eigenvalue weighted by Gasteiger charge is 2.28. The molecule has 0 aromatic heterocycles. The summed E-state index contributed by atoms with van der Waals surface area (Å²) >= 11 is 7.38. The summed E-state index contributed by atoms with van der Waals surface area (Å²) in [6.07, 6.45) is 1.15. The van der Waals surface area contributed by atoms with E-state index in [2.05, 4.69) is 5.32 Å². The van der Waals surface area contributed by atoms with Gasteiger partial charge in [-0.05, 0) is 30.5 Å². The molecular formula is C13H16ClNO2S. The van der Waals surface area contributed by atoms with Gasteiger partial charge in [-0.15, -0.1) is 11.8 Å². The number of halogens is 1. The Morgan fingerprint density at radius 1 is 1.39 bits per heavy atom. The van der Waals surface area contributed by atoms with Crippen LogP contribution in [-0.4, -0.2) is 28.9 Å². The Kier molecular flexibility index (Phi) is 4.92. The van der Waals surface area contributed by atoms with Crippen molar-refractivity contribution in [1.29, 1.82) is 0 Å². The minimum atomic E-state index is -0.225. The molecule has 1 aliphatic rings. The molecule has 2 N–H and O–H groups in total. The molecule has 18 heavy (non-hydrogen) atoms. The van der Waals surface area contributed by atoms with Crippen molar-refractivity contribution in [1.82, 2.24) is 5.32 Å². The quantitative estimate of drug-likeness (QED) is 0.872. The summed E-state index contributed by atoms with van der Waals surface area (Å²) in [6, 6.07) is 7.81. The number of thioether (sulfide) groups is 1. The third-order valence-electron chi connectivity index (χ3n) is 2.89. The lowest BCUT2D eigenvalue weighted by Gasteiger charge is -2.31. The number of rotatable bonds is 5. The van der Waals surface area contributed by atoms with E-state index in [1.165, 1.54) is 0 Å². The summed E-state index contributed by atoms with van der Waals surface area (Å²) in [6.45, 7) is 0. The van der Waals surface area contributed by atoms with Crippen molar-refractivity contribution in [2.75, 3.05) is 5.75 Å². The maximum atomic E-state index is 11.6. The van der Waals surface area contributed by atoms with Gasteiger partial charge in [0.25, 0.3) is 0 Å². The standard InChI is InChI=1S/C13H16ClNO2S/c14-10-3-1-9(2-4-10)7-18-8-13(17)15-11-5-12(16)6-11/h1-4,11-12,16H,5-8H2,(H,15,17). The lowest BCUT2D eigenvalue weighted by Crippen LogP contribution is -2.47. The van der Waals surface area contributed by atoms with Crippen molar-refractivity contribution in [3.8, 4) is 0 Å². The Morgan fingerprint density at radius 3 is 2.67 bits per heavy atom. The number of amides is 1. The summed E-state index contributed by atoms with van der Waals surface area (Å²) in [7, 11) is 0. The van der Waals surface area contributed by atoms with Crippen molar-refractivity contribution in [3.63, 3.8) is 0 Å². The first-order valence-corrected chi connectivity index (χ1v) is 7.46. The number of aliphatic hydroxyl groups excluding tert-OH is 1. The first kappa shape index (κ1) is 13.7. The number of nitrogens with one attached hydrogen (secondary N) is 1. The van der Waals surface area contributed by atoms with Crippen LogP contribution < -0.4 is 5.32 Å². The largest absolute Gasteiger partial charge is 0.393 e. The van der Waals surface area contributed by atoms with E-state index in [4.69, 9.17) is 16.7 Å². The molecule has 0 heterocycles. The Balaban J connectivity index is 1.62. The van der Waals surface area contributed by atoms with E-state index >= 15 is 0 Å². The molecule has 0 unspecified atom stereocenters. The third kappa shape index (κ3) is 4.19. The fraction of sp³-hybridized carbons (Fsp3) is 0.462. The van der Waals surface area contributed by atoms with Gasteiger partial charge in [-0.3, -0.25) is 4.79 Å². The molecule has 98 valence electrons. The van der Waals surface area contributed by atoms with Crippen LogP contribution in [0.3, 0.4) is 0 Å². The predicted molar refractivity (Wildman–Crippen MR) is 74.8 cm³/mol. The topological polar surface area (TPSA) is 49.3 Å². The molecule has 1 aromatic rings. The number of carbonyl (C=O) groups is 1. The minimum Gasteiger partial charge on any atom is -0.393 e. The maximum Gasteiger partial charge on any atom is 0.230 e. The summed E-state index contributed by atoms with van der Waals surface area (Å²) in [5.41, 5.74) is 1.16. The second kappa shape index (κ2) is 6.45. The fourth-order valence-corrected chi connectivity index (χ4v) is 2.74. The molecule has 1 aromatic carbocycles. The van der Waals surface area contributed by atoms with E-state index in [1.807, 2.05) is 24.3 Å². The van der Waals surface area contributed by atoms with Crippen molar-refractivity contribution in [3.05, 3.63) is 34.9 Å². The molecule has 0 radical (unpaired) electrons. The van der Waals surface area contributed by atoms with Gasteiger partial charge in [-0.2, -0.15) is 0 Å². The molecule has 0 saturated heterocycles. The van der Waals surface area contributed by atoms with Crippen LogP contribution in [0.5, 0.6) is 0 Å². The lowest BCUT2D eigenvalue weighted by atomic mass is 9.89. The number of hydrogen-bond donors (Lipinski definition) is 2. The van der Waals surface area contributed by atoms with E-state index in [1.54, 1.807) is 11.8 Å². The molecule has 1 amide bonds. The number of hydrogen-bond acceptors (Lipinski definition) is 3. The Morgan fingerprint density at radius 2 is 2.06 bits per heavy atom. The van der Waals surface area contributed by atoms with E-state index in [0.29, 0.717) is 18.6 Å². The van der Waals surface area contributed by atoms with Gasteiger partial charge in [0.15, 0.2) is 0 Å². The SMILES string of the molecule is O=C(CSCc1ccc(Cl)cc1)NC1CC(O)C1. The molecule has 1 fully saturated rings. The van der Waals surface area contributed by atoms with Gasteiger partial charge in [0.05, 0.1) is 11.9 Å². The Bertz CT molecular complexity index is 404. The smallest absolute Gasteiger partial charge is 0.230 e. The third-order valence-corrected chi connectivity index (χ3v) is 4.15. The van der Waals surface area contributed by atoms with Crippen LogP contribution in [0, 0.1) is 0 Å². The molecule has 0 atom stereocenters. The molecule has 2 rings (SSSR count). The predicted octanol–water partition coefficient (Wildman–Crippen LogP) is 2.21. The number of aliphatic hydroxyl groups is 1. The van der Waals surface area contributed by atoms with E-state index in [0.717, 1.165) is 16.3 Å². The monoisotopic (exact) mass is 285 g/mol. The van der Waals surface area contributed by atoms with Gasteiger partial charge >= 0.3 is 0 Å². The average Bonchev–Trinajstić information content (AvgIpc) is 2.30. The molecule has 5 heteroatoms. The van der Waals surface area contributed by atoms with Crippen molar-refractivity contribution in [2.24, 2.45) is 0 Å². The summed E-state index contributed by atoms with van der Waals surface area (Å²) in [5, 5.41) is 12.7. The molecule has 1 saturated carbocycles. The number of carbonyl (C=O) groups excluding carboxylic acids is 1. The zero-order valence-corrected chi connectivity index (χ0v) is 11.5. The number of benzene rings is 1. The highest BCUT2D eigenvalue weighted by atomic mass is 35.5. The highest BCUT2D eigenvalue weighted by molar-refractivity contribution is 7.99. The van der Waals surface area contributed by atoms with Crippen LogP contribution in [0.15, 0.2) is 24.3 Å². The molecule has 0 aliphatic heterocycles. The second-order valence-electron chi connectivity index (χ2n) is 4.51. The molecular weight excluding hydrogens is 270 g/mol. The minimum absolute atomic E-state index is 0.0471. The van der Waals surface area contributed by atoms with Gasteiger partial charge < -0.3 is 10.4 Å². The van der Waals surface area contributed by atoms with Gasteiger partial charge in [-0.25, -0.2) is 0 Å². The highest BCUT2D eigenvalue weighted by Crippen LogP contribution is 2.20. The average molecular weight is 286 g/mol. The van der Waals surface area contributed by atoms with Crippen LogP contribution in [-0.2, 0) is 10.5 Å². The first-order valence-electron chi connectivity index (χ1n) is 5.93. The van der Waals surface area contributed by atoms with E-state index < -0.39 is 0 Å². The van der Waals surface area contributed by atoms with Gasteiger partial charge in [0.2, 0.25) is 5.91 Å². The molecule has 1 aliphatic carbocycles. The fourth-order valence-electron chi connectivity index (χ4n) is 1.82.